The fourth-order valence-electron chi connectivity index (χ4n) is 5.14. The fraction of sp³-hybridized carbons (Fsp3) is 0.281. The molecule has 7 heteroatoms. The standard InChI is InChI=1S/C32H31N3O4/c1-20-6-8-23(9-7-20)30-27-17-26(13-12-22(27)14-15-35(30)32(37)24-10-11-24)38-19-29-34-28(18-39-29)31(36)33-25-5-3-4-21(2)16-25/h3-9,12-13,16-18,24,30H,10-11,14-15,19H2,1-2H3,(H,33,36). The number of carbonyl (C=O) groups is 2. The molecule has 0 bridgehead atoms. The normalized spacial score (nSPS) is 16.5. The summed E-state index contributed by atoms with van der Waals surface area (Å²) in [5.41, 5.74) is 6.54. The highest BCUT2D eigenvalue weighted by molar-refractivity contribution is 6.02. The van der Waals surface area contributed by atoms with Crippen molar-refractivity contribution in [2.45, 2.75) is 45.8 Å². The summed E-state index contributed by atoms with van der Waals surface area (Å²) in [6, 6.07) is 21.9. The number of oxazole rings is 1. The van der Waals surface area contributed by atoms with Crippen LogP contribution in [0.4, 0.5) is 5.69 Å². The van der Waals surface area contributed by atoms with Gasteiger partial charge in [-0.2, -0.15) is 0 Å². The fourth-order valence-corrected chi connectivity index (χ4v) is 5.14. The molecule has 2 amide bonds. The van der Waals surface area contributed by atoms with Crippen LogP contribution in [0.15, 0.2) is 77.4 Å². The Hall–Kier alpha value is -4.39. The molecule has 198 valence electrons. The maximum Gasteiger partial charge on any atom is 0.277 e. The van der Waals surface area contributed by atoms with E-state index in [2.05, 4.69) is 47.6 Å². The predicted molar refractivity (Wildman–Crippen MR) is 148 cm³/mol. The number of nitrogens with zero attached hydrogens (tertiary/aromatic N) is 2. The van der Waals surface area contributed by atoms with Gasteiger partial charge in [-0.15, -0.1) is 0 Å². The van der Waals surface area contributed by atoms with E-state index >= 15 is 0 Å². The van der Waals surface area contributed by atoms with Crippen LogP contribution >= 0.6 is 0 Å². The van der Waals surface area contributed by atoms with Crippen LogP contribution in [0.2, 0.25) is 0 Å². The second kappa shape index (κ2) is 10.4. The van der Waals surface area contributed by atoms with Crippen molar-refractivity contribution in [3.63, 3.8) is 0 Å². The van der Waals surface area contributed by atoms with E-state index in [4.69, 9.17) is 9.15 Å². The lowest BCUT2D eigenvalue weighted by molar-refractivity contribution is -0.134. The number of hydrogen-bond donors (Lipinski definition) is 1. The summed E-state index contributed by atoms with van der Waals surface area (Å²) in [5, 5.41) is 2.84. The van der Waals surface area contributed by atoms with Crippen LogP contribution in [-0.2, 0) is 17.8 Å². The molecule has 3 aromatic carbocycles. The number of rotatable bonds is 7. The van der Waals surface area contributed by atoms with Crippen LogP contribution in [-0.4, -0.2) is 28.2 Å². The summed E-state index contributed by atoms with van der Waals surface area (Å²) in [4.78, 5) is 32.2. The van der Waals surface area contributed by atoms with Gasteiger partial charge in [0.15, 0.2) is 12.3 Å². The van der Waals surface area contributed by atoms with Gasteiger partial charge in [-0.05, 0) is 79.6 Å². The highest BCUT2D eigenvalue weighted by Gasteiger charge is 2.39. The lowest BCUT2D eigenvalue weighted by atomic mass is 9.87. The van der Waals surface area contributed by atoms with Gasteiger partial charge in [-0.3, -0.25) is 9.59 Å². The minimum atomic E-state index is -0.342. The van der Waals surface area contributed by atoms with Gasteiger partial charge < -0.3 is 19.4 Å². The SMILES string of the molecule is Cc1ccc(C2c3cc(OCc4nc(C(=O)Nc5cccc(C)c5)co4)ccc3CCN2C(=O)C2CC2)cc1. The molecule has 1 unspecified atom stereocenters. The van der Waals surface area contributed by atoms with Gasteiger partial charge in [0.05, 0.1) is 6.04 Å². The molecule has 2 heterocycles. The lowest BCUT2D eigenvalue weighted by Crippen LogP contribution is -2.41. The number of benzene rings is 3. The molecule has 1 N–H and O–H groups in total. The molecule has 4 aromatic rings. The topological polar surface area (TPSA) is 84.7 Å². The summed E-state index contributed by atoms with van der Waals surface area (Å²) in [6.45, 7) is 4.83. The number of nitrogens with one attached hydrogen (secondary N) is 1. The van der Waals surface area contributed by atoms with Gasteiger partial charge in [0.2, 0.25) is 11.8 Å². The van der Waals surface area contributed by atoms with Gasteiger partial charge in [-0.25, -0.2) is 4.98 Å². The maximum atomic E-state index is 13.2. The van der Waals surface area contributed by atoms with Gasteiger partial charge in [-0.1, -0.05) is 48.0 Å². The van der Waals surface area contributed by atoms with Gasteiger partial charge in [0, 0.05) is 18.2 Å². The molecule has 0 radical (unpaired) electrons. The first-order valence-electron chi connectivity index (χ1n) is 13.4. The summed E-state index contributed by atoms with van der Waals surface area (Å²) in [5.74, 6) is 1.03. The Morgan fingerprint density at radius 2 is 1.85 bits per heavy atom. The maximum absolute atomic E-state index is 13.2. The monoisotopic (exact) mass is 521 g/mol. The smallest absolute Gasteiger partial charge is 0.277 e. The van der Waals surface area contributed by atoms with Crippen molar-refractivity contribution in [3.05, 3.63) is 112 Å². The number of aryl methyl sites for hydroxylation is 2. The molecule has 0 saturated heterocycles. The van der Waals surface area contributed by atoms with Gasteiger partial charge >= 0.3 is 0 Å². The molecule has 6 rings (SSSR count). The van der Waals surface area contributed by atoms with Gasteiger partial charge in [0.1, 0.15) is 12.0 Å². The predicted octanol–water partition coefficient (Wildman–Crippen LogP) is 6.01. The summed E-state index contributed by atoms with van der Waals surface area (Å²) in [6.07, 6.45) is 4.11. The van der Waals surface area contributed by atoms with Crippen LogP contribution in [0.3, 0.4) is 0 Å². The Kier molecular flexibility index (Phi) is 6.65. The minimum absolute atomic E-state index is 0.0798. The molecule has 39 heavy (non-hydrogen) atoms. The van der Waals surface area contributed by atoms with Crippen molar-refractivity contribution in [1.29, 1.82) is 0 Å². The van der Waals surface area contributed by atoms with E-state index in [1.54, 1.807) is 0 Å². The summed E-state index contributed by atoms with van der Waals surface area (Å²) >= 11 is 0. The zero-order valence-electron chi connectivity index (χ0n) is 22.1. The highest BCUT2D eigenvalue weighted by Crippen LogP contribution is 2.41. The van der Waals surface area contributed by atoms with E-state index in [0.29, 0.717) is 23.9 Å². The molecular formula is C32H31N3O4. The molecule has 2 aliphatic rings. The van der Waals surface area contributed by atoms with E-state index in [-0.39, 0.29) is 36.1 Å². The van der Waals surface area contributed by atoms with Crippen molar-refractivity contribution in [1.82, 2.24) is 9.88 Å². The number of amides is 2. The highest BCUT2D eigenvalue weighted by atomic mass is 16.5. The van der Waals surface area contributed by atoms with Crippen molar-refractivity contribution < 1.29 is 18.7 Å². The van der Waals surface area contributed by atoms with E-state index in [1.165, 1.54) is 17.4 Å². The number of carbonyl (C=O) groups excluding carboxylic acids is 2. The summed E-state index contributed by atoms with van der Waals surface area (Å²) < 4.78 is 11.6. The second-order valence-corrected chi connectivity index (χ2v) is 10.5. The first-order valence-corrected chi connectivity index (χ1v) is 13.4. The Morgan fingerprint density at radius 1 is 1.03 bits per heavy atom. The lowest BCUT2D eigenvalue weighted by Gasteiger charge is -2.38. The molecule has 0 spiro atoms. The van der Waals surface area contributed by atoms with Crippen LogP contribution < -0.4 is 10.1 Å². The first kappa shape index (κ1) is 24.9. The van der Waals surface area contributed by atoms with Crippen molar-refractivity contribution in [2.75, 3.05) is 11.9 Å². The Balaban J connectivity index is 1.19. The van der Waals surface area contributed by atoms with Crippen LogP contribution in [0, 0.1) is 19.8 Å². The molecule has 1 saturated carbocycles. The number of hydrogen-bond acceptors (Lipinski definition) is 5. The molecule has 7 nitrogen and oxygen atoms in total. The number of aromatic nitrogens is 1. The first-order chi connectivity index (χ1) is 18.9. The quantitative estimate of drug-likeness (QED) is 0.322. The van der Waals surface area contributed by atoms with E-state index in [9.17, 15) is 9.59 Å². The summed E-state index contributed by atoms with van der Waals surface area (Å²) in [7, 11) is 0. The van der Waals surface area contributed by atoms with Crippen molar-refractivity contribution in [3.8, 4) is 5.75 Å². The van der Waals surface area contributed by atoms with Crippen molar-refractivity contribution in [2.24, 2.45) is 5.92 Å². The molecule has 1 atom stereocenters. The van der Waals surface area contributed by atoms with Crippen LogP contribution in [0.5, 0.6) is 5.75 Å². The number of ether oxygens (including phenoxy) is 1. The zero-order valence-corrected chi connectivity index (χ0v) is 22.1. The Bertz CT molecular complexity index is 1520. The number of fused-ring (bicyclic) bond motifs is 1. The minimum Gasteiger partial charge on any atom is -0.484 e. The van der Waals surface area contributed by atoms with E-state index in [1.807, 2.05) is 48.2 Å². The molecule has 1 fully saturated rings. The average Bonchev–Trinajstić information content (AvgIpc) is 3.68. The molecule has 1 aliphatic carbocycles. The van der Waals surface area contributed by atoms with E-state index < -0.39 is 0 Å². The molecular weight excluding hydrogens is 490 g/mol. The Labute approximate surface area is 227 Å². The van der Waals surface area contributed by atoms with Crippen LogP contribution in [0.1, 0.15) is 63.1 Å². The van der Waals surface area contributed by atoms with Crippen molar-refractivity contribution >= 4 is 17.5 Å². The second-order valence-electron chi connectivity index (χ2n) is 10.5. The van der Waals surface area contributed by atoms with E-state index in [0.717, 1.165) is 36.0 Å². The van der Waals surface area contributed by atoms with Gasteiger partial charge in [0.25, 0.3) is 5.91 Å². The number of anilines is 1. The average molecular weight is 522 g/mol. The zero-order chi connectivity index (χ0) is 26.9. The third kappa shape index (κ3) is 5.43. The Morgan fingerprint density at radius 3 is 2.62 bits per heavy atom. The molecule has 1 aromatic heterocycles. The molecule has 1 aliphatic heterocycles. The van der Waals surface area contributed by atoms with Crippen LogP contribution in [0.25, 0.3) is 0 Å². The third-order valence-electron chi connectivity index (χ3n) is 7.37. The largest absolute Gasteiger partial charge is 0.484 e. The third-order valence-corrected chi connectivity index (χ3v) is 7.37.